The molecule has 152 valence electrons. The fraction of sp³-hybridized carbons (Fsp3) is 0.200. The van der Waals surface area contributed by atoms with Crippen molar-refractivity contribution in [2.45, 2.75) is 19.1 Å². The summed E-state index contributed by atoms with van der Waals surface area (Å²) in [5.74, 6) is -0.351. The van der Waals surface area contributed by atoms with Crippen molar-refractivity contribution in [3.8, 4) is 5.75 Å². The van der Waals surface area contributed by atoms with Crippen LogP contribution in [0.25, 0.3) is 0 Å². The number of alkyl halides is 3. The second-order valence-corrected chi connectivity index (χ2v) is 6.31. The Morgan fingerprint density at radius 2 is 1.76 bits per heavy atom. The molecular weight excluding hydrogens is 387 g/mol. The summed E-state index contributed by atoms with van der Waals surface area (Å²) < 4.78 is 45.1. The summed E-state index contributed by atoms with van der Waals surface area (Å²) in [6.45, 7) is 1.51. The minimum atomic E-state index is -4.63. The molecule has 0 saturated heterocycles. The van der Waals surface area contributed by atoms with Gasteiger partial charge in [-0.3, -0.25) is 4.79 Å². The third kappa shape index (κ3) is 4.18. The molecule has 1 aliphatic rings. The Labute approximate surface area is 164 Å². The molecule has 1 atom stereocenters. The number of hydrogen-bond acceptors (Lipinski definition) is 3. The van der Waals surface area contributed by atoms with Crippen molar-refractivity contribution in [3.05, 3.63) is 70.9 Å². The molecule has 0 radical (unpaired) electrons. The van der Waals surface area contributed by atoms with Gasteiger partial charge in [-0.1, -0.05) is 30.3 Å². The number of carbonyl (C=O) groups excluding carboxylic acids is 2. The molecule has 3 N–H and O–H groups in total. The summed E-state index contributed by atoms with van der Waals surface area (Å²) in [7, 11) is 1.44. The van der Waals surface area contributed by atoms with E-state index >= 15 is 0 Å². The van der Waals surface area contributed by atoms with Crippen LogP contribution in [0.4, 0.5) is 23.7 Å². The molecule has 1 heterocycles. The Morgan fingerprint density at radius 3 is 2.45 bits per heavy atom. The third-order valence-corrected chi connectivity index (χ3v) is 4.44. The van der Waals surface area contributed by atoms with Crippen molar-refractivity contribution in [2.75, 3.05) is 12.4 Å². The van der Waals surface area contributed by atoms with E-state index in [4.69, 9.17) is 4.74 Å². The molecule has 6 nitrogen and oxygen atoms in total. The van der Waals surface area contributed by atoms with Gasteiger partial charge >= 0.3 is 12.2 Å². The number of ether oxygens (including phenoxy) is 1. The Hall–Kier alpha value is -3.49. The smallest absolute Gasteiger partial charge is 0.418 e. The van der Waals surface area contributed by atoms with Crippen molar-refractivity contribution >= 4 is 17.6 Å². The molecule has 3 amide bonds. The zero-order valence-corrected chi connectivity index (χ0v) is 15.6. The molecule has 0 aromatic heterocycles. The maximum atomic E-state index is 13.3. The van der Waals surface area contributed by atoms with Gasteiger partial charge < -0.3 is 20.7 Å². The first-order valence-corrected chi connectivity index (χ1v) is 8.61. The lowest BCUT2D eigenvalue weighted by Crippen LogP contribution is -2.46. The number of anilines is 1. The van der Waals surface area contributed by atoms with Gasteiger partial charge in [-0.05, 0) is 25.1 Å². The minimum Gasteiger partial charge on any atom is -0.496 e. The number of amides is 3. The van der Waals surface area contributed by atoms with Gasteiger partial charge in [0.2, 0.25) is 0 Å². The molecular formula is C20H18F3N3O3. The first-order chi connectivity index (χ1) is 13.7. The lowest BCUT2D eigenvalue weighted by atomic mass is 9.94. The molecule has 2 aromatic rings. The van der Waals surface area contributed by atoms with Crippen molar-refractivity contribution < 1.29 is 27.5 Å². The third-order valence-electron chi connectivity index (χ3n) is 4.44. The maximum absolute atomic E-state index is 13.3. The van der Waals surface area contributed by atoms with Crippen LogP contribution in [0.3, 0.4) is 0 Å². The highest BCUT2D eigenvalue weighted by molar-refractivity contribution is 6.07. The number of para-hydroxylation sites is 2. The second kappa shape index (κ2) is 7.86. The van der Waals surface area contributed by atoms with Crippen LogP contribution >= 0.6 is 0 Å². The predicted molar refractivity (Wildman–Crippen MR) is 100 cm³/mol. The number of halogens is 3. The Bertz CT molecular complexity index is 986. The number of hydrogen-bond donors (Lipinski definition) is 3. The highest BCUT2D eigenvalue weighted by atomic mass is 19.4. The Balaban J connectivity index is 2.02. The maximum Gasteiger partial charge on any atom is 0.418 e. The van der Waals surface area contributed by atoms with E-state index in [-0.39, 0.29) is 17.0 Å². The van der Waals surface area contributed by atoms with Gasteiger partial charge in [-0.2, -0.15) is 13.2 Å². The molecule has 2 aromatic carbocycles. The number of nitrogens with one attached hydrogen (secondary N) is 3. The van der Waals surface area contributed by atoms with Crippen LogP contribution in [-0.2, 0) is 11.0 Å². The molecule has 0 saturated carbocycles. The first kappa shape index (κ1) is 20.2. The monoisotopic (exact) mass is 405 g/mol. The molecule has 0 fully saturated rings. The summed E-state index contributed by atoms with van der Waals surface area (Å²) in [5, 5.41) is 7.43. The van der Waals surface area contributed by atoms with Gasteiger partial charge in [0.1, 0.15) is 5.75 Å². The fourth-order valence-electron chi connectivity index (χ4n) is 3.16. The molecule has 9 heteroatoms. The zero-order chi connectivity index (χ0) is 21.2. The highest BCUT2D eigenvalue weighted by Gasteiger charge is 2.36. The summed E-state index contributed by atoms with van der Waals surface area (Å²) in [5.41, 5.74) is -0.537. The minimum absolute atomic E-state index is 0.0751. The van der Waals surface area contributed by atoms with Crippen LogP contribution in [0, 0.1) is 0 Å². The quantitative estimate of drug-likeness (QED) is 0.720. The summed E-state index contributed by atoms with van der Waals surface area (Å²) in [4.78, 5) is 25.0. The topological polar surface area (TPSA) is 79.5 Å². The van der Waals surface area contributed by atoms with Crippen LogP contribution in [0.2, 0.25) is 0 Å². The van der Waals surface area contributed by atoms with Crippen molar-refractivity contribution in [1.29, 1.82) is 0 Å². The predicted octanol–water partition coefficient (Wildman–Crippen LogP) is 3.98. The SMILES string of the molecule is COc1ccccc1C1NC(=O)NC(C)=C1C(=O)Nc1ccccc1C(F)(F)F. The normalized spacial score (nSPS) is 16.7. The number of urea groups is 1. The Morgan fingerprint density at radius 1 is 1.10 bits per heavy atom. The van der Waals surface area contributed by atoms with E-state index in [0.717, 1.165) is 6.07 Å². The van der Waals surface area contributed by atoms with E-state index in [0.29, 0.717) is 11.3 Å². The van der Waals surface area contributed by atoms with Crippen LogP contribution in [0.1, 0.15) is 24.1 Å². The Kier molecular flexibility index (Phi) is 5.49. The summed E-state index contributed by atoms with van der Waals surface area (Å²) in [6.07, 6.45) is -4.63. The second-order valence-electron chi connectivity index (χ2n) is 6.31. The number of rotatable bonds is 4. The molecule has 29 heavy (non-hydrogen) atoms. The molecule has 1 unspecified atom stereocenters. The highest BCUT2D eigenvalue weighted by Crippen LogP contribution is 2.36. The largest absolute Gasteiger partial charge is 0.496 e. The summed E-state index contributed by atoms with van der Waals surface area (Å²) >= 11 is 0. The van der Waals surface area contributed by atoms with Gasteiger partial charge in [-0.25, -0.2) is 4.79 Å². The molecule has 0 aliphatic carbocycles. The van der Waals surface area contributed by atoms with Crippen LogP contribution < -0.4 is 20.7 Å². The van der Waals surface area contributed by atoms with E-state index < -0.39 is 29.7 Å². The van der Waals surface area contributed by atoms with Gasteiger partial charge in [-0.15, -0.1) is 0 Å². The van der Waals surface area contributed by atoms with E-state index in [9.17, 15) is 22.8 Å². The average molecular weight is 405 g/mol. The van der Waals surface area contributed by atoms with Crippen molar-refractivity contribution in [3.63, 3.8) is 0 Å². The van der Waals surface area contributed by atoms with Crippen molar-refractivity contribution in [2.24, 2.45) is 0 Å². The lowest BCUT2D eigenvalue weighted by Gasteiger charge is -2.29. The lowest BCUT2D eigenvalue weighted by molar-refractivity contribution is -0.137. The summed E-state index contributed by atoms with van der Waals surface area (Å²) in [6, 6.07) is 10.00. The van der Waals surface area contributed by atoms with E-state index in [1.807, 2.05) is 0 Å². The van der Waals surface area contributed by atoms with Crippen molar-refractivity contribution in [1.82, 2.24) is 10.6 Å². The molecule has 1 aliphatic heterocycles. The van der Waals surface area contributed by atoms with E-state index in [1.165, 1.54) is 32.2 Å². The van der Waals surface area contributed by atoms with Crippen LogP contribution in [0.5, 0.6) is 5.75 Å². The van der Waals surface area contributed by atoms with Crippen LogP contribution in [-0.4, -0.2) is 19.0 Å². The number of carbonyl (C=O) groups is 2. The molecule has 0 spiro atoms. The van der Waals surface area contributed by atoms with Crippen LogP contribution in [0.15, 0.2) is 59.8 Å². The van der Waals surface area contributed by atoms with Gasteiger partial charge in [0, 0.05) is 11.3 Å². The number of benzene rings is 2. The van der Waals surface area contributed by atoms with Gasteiger partial charge in [0.05, 0.1) is 30.0 Å². The van der Waals surface area contributed by atoms with E-state index in [2.05, 4.69) is 16.0 Å². The number of allylic oxidation sites excluding steroid dienone is 1. The standard InChI is InChI=1S/C20H18F3N3O3/c1-11-16(18(27)25-14-9-5-4-8-13(14)20(21,22)23)17(26-19(28)24-11)12-7-3-6-10-15(12)29-2/h3-10,17H,1-2H3,(H,25,27)(H2,24,26,28). The number of methoxy groups -OCH3 is 1. The molecule has 0 bridgehead atoms. The first-order valence-electron chi connectivity index (χ1n) is 8.61. The molecule has 3 rings (SSSR count). The van der Waals surface area contributed by atoms with Gasteiger partial charge in [0.15, 0.2) is 0 Å². The average Bonchev–Trinajstić information content (AvgIpc) is 2.66. The van der Waals surface area contributed by atoms with Gasteiger partial charge in [0.25, 0.3) is 5.91 Å². The fourth-order valence-corrected chi connectivity index (χ4v) is 3.16. The zero-order valence-electron chi connectivity index (χ0n) is 15.6. The van der Waals surface area contributed by atoms with E-state index in [1.54, 1.807) is 24.3 Å².